The number of hydrogen-bond donors (Lipinski definition) is 1. The Kier molecular flexibility index (Phi) is 6.28. The summed E-state index contributed by atoms with van der Waals surface area (Å²) in [6, 6.07) is 10.8. The van der Waals surface area contributed by atoms with Crippen LogP contribution in [0.15, 0.2) is 47.1 Å². The molecule has 1 N–H and O–H groups in total. The Balaban J connectivity index is 2.31. The van der Waals surface area contributed by atoms with Crippen molar-refractivity contribution in [3.05, 3.63) is 48.4 Å². The molecule has 1 atom stereocenters. The molecule has 1 heterocycles. The molecule has 0 amide bonds. The third kappa shape index (κ3) is 4.38. The third-order valence-electron chi connectivity index (χ3n) is 3.14. The number of ether oxygens (including phenoxy) is 1. The summed E-state index contributed by atoms with van der Waals surface area (Å²) in [7, 11) is -1.83. The van der Waals surface area contributed by atoms with Crippen LogP contribution in [0.4, 0.5) is 5.69 Å². The van der Waals surface area contributed by atoms with Gasteiger partial charge in [0, 0.05) is 5.69 Å². The van der Waals surface area contributed by atoms with E-state index in [0.717, 1.165) is 11.4 Å². The van der Waals surface area contributed by atoms with Crippen LogP contribution in [0.1, 0.15) is 25.4 Å². The van der Waals surface area contributed by atoms with E-state index in [0.29, 0.717) is 5.76 Å². The first-order valence-electron chi connectivity index (χ1n) is 7.45. The quantitative estimate of drug-likeness (QED) is 0.670. The molecule has 6 nitrogen and oxygen atoms in total. The molecule has 2 aromatic rings. The molecule has 0 fully saturated rings. The maximum Gasteiger partial charge on any atom is 0.360 e. The van der Waals surface area contributed by atoms with Crippen molar-refractivity contribution in [2.75, 3.05) is 25.6 Å². The minimum absolute atomic E-state index is 0.277. The zero-order chi connectivity index (χ0) is 16.7. The number of furan rings is 1. The Labute approximate surface area is 136 Å². The molecule has 0 spiro atoms. The van der Waals surface area contributed by atoms with Crippen molar-refractivity contribution >= 4 is 13.3 Å². The van der Waals surface area contributed by atoms with Gasteiger partial charge in [0.25, 0.3) is 0 Å². The molecule has 0 saturated carbocycles. The Morgan fingerprint density at radius 3 is 2.26 bits per heavy atom. The van der Waals surface area contributed by atoms with E-state index < -0.39 is 13.4 Å². The van der Waals surface area contributed by atoms with Gasteiger partial charge in [0.05, 0.1) is 26.6 Å². The molecule has 126 valence electrons. The minimum Gasteiger partial charge on any atom is -0.497 e. The molecule has 23 heavy (non-hydrogen) atoms. The zero-order valence-corrected chi connectivity index (χ0v) is 14.4. The maximum atomic E-state index is 13.1. The maximum absolute atomic E-state index is 13.1. The Morgan fingerprint density at radius 1 is 1.13 bits per heavy atom. The van der Waals surface area contributed by atoms with Gasteiger partial charge in [-0.3, -0.25) is 4.57 Å². The largest absolute Gasteiger partial charge is 0.497 e. The fraction of sp³-hybridized carbons (Fsp3) is 0.375. The van der Waals surface area contributed by atoms with Crippen molar-refractivity contribution < 1.29 is 22.8 Å². The van der Waals surface area contributed by atoms with E-state index in [1.54, 1.807) is 33.1 Å². The molecule has 0 bridgehead atoms. The van der Waals surface area contributed by atoms with E-state index in [9.17, 15) is 4.57 Å². The van der Waals surface area contributed by atoms with E-state index in [1.165, 1.54) is 6.26 Å². The van der Waals surface area contributed by atoms with Crippen molar-refractivity contribution in [1.29, 1.82) is 0 Å². The number of benzene rings is 1. The lowest BCUT2D eigenvalue weighted by Gasteiger charge is -2.26. The Hall–Kier alpha value is -1.75. The number of rotatable bonds is 9. The molecule has 0 radical (unpaired) electrons. The normalized spacial score (nSPS) is 12.8. The van der Waals surface area contributed by atoms with Gasteiger partial charge in [-0.25, -0.2) is 0 Å². The van der Waals surface area contributed by atoms with E-state index in [4.69, 9.17) is 18.2 Å². The highest BCUT2D eigenvalue weighted by molar-refractivity contribution is 7.54. The summed E-state index contributed by atoms with van der Waals surface area (Å²) in [6.45, 7) is 4.11. The van der Waals surface area contributed by atoms with Crippen molar-refractivity contribution in [1.82, 2.24) is 0 Å². The fourth-order valence-electron chi connectivity index (χ4n) is 2.14. The average molecular weight is 339 g/mol. The molecule has 1 aromatic carbocycles. The van der Waals surface area contributed by atoms with E-state index >= 15 is 0 Å². The summed E-state index contributed by atoms with van der Waals surface area (Å²) < 4.78 is 34.6. The zero-order valence-electron chi connectivity index (χ0n) is 13.5. The fourth-order valence-corrected chi connectivity index (χ4v) is 4.00. The predicted molar refractivity (Wildman–Crippen MR) is 88.9 cm³/mol. The van der Waals surface area contributed by atoms with Crippen LogP contribution < -0.4 is 10.1 Å². The summed E-state index contributed by atoms with van der Waals surface area (Å²) in [5.41, 5.74) is 0.756. The van der Waals surface area contributed by atoms with Gasteiger partial charge in [0.2, 0.25) is 0 Å². The summed E-state index contributed by atoms with van der Waals surface area (Å²) >= 11 is 0. The molecule has 0 unspecified atom stereocenters. The van der Waals surface area contributed by atoms with E-state index in [-0.39, 0.29) is 13.2 Å². The first-order valence-corrected chi connectivity index (χ1v) is 9.07. The number of anilines is 1. The summed E-state index contributed by atoms with van der Waals surface area (Å²) in [6.07, 6.45) is 1.53. The lowest BCUT2D eigenvalue weighted by atomic mass is 10.3. The summed E-state index contributed by atoms with van der Waals surface area (Å²) in [5, 5.41) is 3.18. The van der Waals surface area contributed by atoms with Crippen LogP contribution in [0.3, 0.4) is 0 Å². The molecule has 1 aromatic heterocycles. The predicted octanol–water partition coefficient (Wildman–Crippen LogP) is 4.67. The third-order valence-corrected chi connectivity index (χ3v) is 5.39. The minimum atomic E-state index is -3.44. The highest BCUT2D eigenvalue weighted by Gasteiger charge is 2.39. The second-order valence-corrected chi connectivity index (χ2v) is 6.78. The second kappa shape index (κ2) is 8.20. The molecule has 7 heteroatoms. The van der Waals surface area contributed by atoms with Gasteiger partial charge >= 0.3 is 7.60 Å². The monoisotopic (exact) mass is 339 g/mol. The topological polar surface area (TPSA) is 69.9 Å². The molecule has 0 aliphatic heterocycles. The summed E-state index contributed by atoms with van der Waals surface area (Å²) in [5.74, 6) is 0.500. The van der Waals surface area contributed by atoms with Crippen molar-refractivity contribution in [3.8, 4) is 5.75 Å². The van der Waals surface area contributed by atoms with E-state index in [1.807, 2.05) is 24.3 Å². The average Bonchev–Trinajstić information content (AvgIpc) is 3.07. The lowest BCUT2D eigenvalue weighted by Crippen LogP contribution is -2.14. The molecule has 0 aliphatic carbocycles. The van der Waals surface area contributed by atoms with Gasteiger partial charge in [-0.2, -0.15) is 0 Å². The SMILES string of the molecule is CCOP(=O)(OCC)[C@@H](Nc1ccc(OC)cc1)c1ccco1. The van der Waals surface area contributed by atoms with Crippen LogP contribution in [-0.4, -0.2) is 20.3 Å². The van der Waals surface area contributed by atoms with Crippen molar-refractivity contribution in [2.24, 2.45) is 0 Å². The van der Waals surface area contributed by atoms with Gasteiger partial charge in [-0.15, -0.1) is 0 Å². The number of hydrogen-bond acceptors (Lipinski definition) is 6. The van der Waals surface area contributed by atoms with Crippen LogP contribution in [-0.2, 0) is 13.6 Å². The van der Waals surface area contributed by atoms with Crippen LogP contribution in [0.5, 0.6) is 5.75 Å². The molecule has 2 rings (SSSR count). The lowest BCUT2D eigenvalue weighted by molar-refractivity contribution is 0.211. The van der Waals surface area contributed by atoms with Crippen molar-refractivity contribution in [3.63, 3.8) is 0 Å². The molecular weight excluding hydrogens is 317 g/mol. The number of nitrogens with one attached hydrogen (secondary N) is 1. The van der Waals surface area contributed by atoms with Crippen LogP contribution >= 0.6 is 7.60 Å². The highest BCUT2D eigenvalue weighted by atomic mass is 31.2. The smallest absolute Gasteiger partial charge is 0.360 e. The molecule has 0 aliphatic rings. The van der Waals surface area contributed by atoms with E-state index in [2.05, 4.69) is 5.32 Å². The Morgan fingerprint density at radius 2 is 1.78 bits per heavy atom. The second-order valence-electron chi connectivity index (χ2n) is 4.67. The summed E-state index contributed by atoms with van der Waals surface area (Å²) in [4.78, 5) is 0. The van der Waals surface area contributed by atoms with Gasteiger partial charge in [-0.05, 0) is 50.2 Å². The van der Waals surface area contributed by atoms with Crippen LogP contribution in [0.25, 0.3) is 0 Å². The number of methoxy groups -OCH3 is 1. The van der Waals surface area contributed by atoms with Gasteiger partial charge < -0.3 is 23.5 Å². The van der Waals surface area contributed by atoms with Crippen molar-refractivity contribution in [2.45, 2.75) is 19.6 Å². The standard InChI is InChI=1S/C16H22NO5P/c1-4-21-23(18,22-5-2)16(15-7-6-12-20-15)17-13-8-10-14(19-3)11-9-13/h6-12,16-17H,4-5H2,1-3H3/t16-/m1/s1. The van der Waals surface area contributed by atoms with Crippen LogP contribution in [0.2, 0.25) is 0 Å². The van der Waals surface area contributed by atoms with Gasteiger partial charge in [0.15, 0.2) is 5.78 Å². The molecule has 0 saturated heterocycles. The van der Waals surface area contributed by atoms with Gasteiger partial charge in [0.1, 0.15) is 11.5 Å². The highest BCUT2D eigenvalue weighted by Crippen LogP contribution is 2.60. The van der Waals surface area contributed by atoms with Gasteiger partial charge in [-0.1, -0.05) is 0 Å². The first kappa shape index (κ1) is 17.6. The molecular formula is C16H22NO5P. The first-order chi connectivity index (χ1) is 11.1. The Bertz CT molecular complexity index is 616. The van der Waals surface area contributed by atoms with Crippen LogP contribution in [0, 0.1) is 0 Å².